The molecule has 0 heterocycles. The molecule has 1 aromatic carbocycles. The van der Waals surface area contributed by atoms with Gasteiger partial charge < -0.3 is 15.8 Å². The van der Waals surface area contributed by atoms with E-state index in [0.29, 0.717) is 11.0 Å². The van der Waals surface area contributed by atoms with E-state index in [1.165, 1.54) is 19.3 Å². The smallest absolute Gasteiger partial charge is 0.120 e. The average Bonchev–Trinajstić information content (AvgIpc) is 3.12. The van der Waals surface area contributed by atoms with Gasteiger partial charge in [-0.05, 0) is 31.4 Å². The van der Waals surface area contributed by atoms with Crippen LogP contribution in [0.15, 0.2) is 18.2 Å². The SMILES string of the molecule is COc1ccc(C(N)=S)c(NC(C)CC2CC2)c1. The summed E-state index contributed by atoms with van der Waals surface area (Å²) >= 11 is 5.08. The zero-order valence-electron chi connectivity index (χ0n) is 10.9. The molecule has 18 heavy (non-hydrogen) atoms. The normalized spacial score (nSPS) is 16.1. The van der Waals surface area contributed by atoms with Crippen molar-refractivity contribution in [2.45, 2.75) is 32.2 Å². The molecule has 0 amide bonds. The van der Waals surface area contributed by atoms with Gasteiger partial charge in [0.2, 0.25) is 0 Å². The Kier molecular flexibility index (Phi) is 4.07. The maximum atomic E-state index is 5.75. The fraction of sp³-hybridized carbons (Fsp3) is 0.500. The molecular weight excluding hydrogens is 244 g/mol. The van der Waals surface area contributed by atoms with Gasteiger partial charge >= 0.3 is 0 Å². The zero-order chi connectivity index (χ0) is 13.1. The molecule has 1 aliphatic carbocycles. The van der Waals surface area contributed by atoms with E-state index in [2.05, 4.69) is 12.2 Å². The highest BCUT2D eigenvalue weighted by atomic mass is 32.1. The Morgan fingerprint density at radius 3 is 2.83 bits per heavy atom. The monoisotopic (exact) mass is 264 g/mol. The molecule has 3 N–H and O–H groups in total. The summed E-state index contributed by atoms with van der Waals surface area (Å²) < 4.78 is 5.24. The molecule has 1 atom stereocenters. The van der Waals surface area contributed by atoms with Gasteiger partial charge in [-0.25, -0.2) is 0 Å². The van der Waals surface area contributed by atoms with Gasteiger partial charge in [-0.3, -0.25) is 0 Å². The molecule has 1 aliphatic rings. The maximum Gasteiger partial charge on any atom is 0.120 e. The second kappa shape index (κ2) is 5.57. The van der Waals surface area contributed by atoms with E-state index < -0.39 is 0 Å². The largest absolute Gasteiger partial charge is 0.497 e. The number of anilines is 1. The van der Waals surface area contributed by atoms with Crippen molar-refractivity contribution in [1.82, 2.24) is 0 Å². The molecule has 3 nitrogen and oxygen atoms in total. The van der Waals surface area contributed by atoms with E-state index in [-0.39, 0.29) is 0 Å². The molecule has 1 saturated carbocycles. The summed E-state index contributed by atoms with van der Waals surface area (Å²) in [6.07, 6.45) is 3.94. The summed E-state index contributed by atoms with van der Waals surface area (Å²) in [5.74, 6) is 1.71. The number of benzene rings is 1. The molecule has 0 radical (unpaired) electrons. The summed E-state index contributed by atoms with van der Waals surface area (Å²) in [4.78, 5) is 0.416. The number of nitrogens with two attached hydrogens (primary N) is 1. The van der Waals surface area contributed by atoms with Gasteiger partial charge in [0.25, 0.3) is 0 Å². The van der Waals surface area contributed by atoms with Crippen LogP contribution < -0.4 is 15.8 Å². The Labute approximate surface area is 114 Å². The van der Waals surface area contributed by atoms with E-state index in [1.807, 2.05) is 18.2 Å². The Morgan fingerprint density at radius 1 is 1.56 bits per heavy atom. The molecule has 1 fully saturated rings. The highest BCUT2D eigenvalue weighted by molar-refractivity contribution is 7.80. The number of methoxy groups -OCH3 is 1. The Balaban J connectivity index is 2.14. The van der Waals surface area contributed by atoms with E-state index in [1.54, 1.807) is 7.11 Å². The lowest BCUT2D eigenvalue weighted by Crippen LogP contribution is -2.20. The highest BCUT2D eigenvalue weighted by Gasteiger charge is 2.23. The van der Waals surface area contributed by atoms with Gasteiger partial charge in [-0.2, -0.15) is 0 Å². The number of thiocarbonyl (C=S) groups is 1. The second-order valence-electron chi connectivity index (χ2n) is 5.00. The van der Waals surface area contributed by atoms with E-state index in [4.69, 9.17) is 22.7 Å². The molecule has 0 saturated heterocycles. The van der Waals surface area contributed by atoms with Crippen molar-refractivity contribution in [3.05, 3.63) is 23.8 Å². The molecule has 0 aromatic heterocycles. The average molecular weight is 264 g/mol. The van der Waals surface area contributed by atoms with E-state index in [0.717, 1.165) is 22.9 Å². The van der Waals surface area contributed by atoms with Crippen LogP contribution in [-0.4, -0.2) is 18.1 Å². The van der Waals surface area contributed by atoms with Crippen LogP contribution in [-0.2, 0) is 0 Å². The van der Waals surface area contributed by atoms with E-state index in [9.17, 15) is 0 Å². The topological polar surface area (TPSA) is 47.3 Å². The number of ether oxygens (including phenoxy) is 1. The Bertz CT molecular complexity index is 443. The first-order valence-electron chi connectivity index (χ1n) is 6.34. The summed E-state index contributed by atoms with van der Waals surface area (Å²) in [6, 6.07) is 6.17. The predicted molar refractivity (Wildman–Crippen MR) is 79.3 cm³/mol. The third-order valence-electron chi connectivity index (χ3n) is 3.28. The van der Waals surface area contributed by atoms with Crippen LogP contribution in [0.25, 0.3) is 0 Å². The van der Waals surface area contributed by atoms with Crippen molar-refractivity contribution in [2.75, 3.05) is 12.4 Å². The molecule has 0 spiro atoms. The van der Waals surface area contributed by atoms with Crippen LogP contribution in [0.4, 0.5) is 5.69 Å². The van der Waals surface area contributed by atoms with Gasteiger partial charge in [-0.1, -0.05) is 25.1 Å². The van der Waals surface area contributed by atoms with Crippen LogP contribution in [0.5, 0.6) is 5.75 Å². The lowest BCUT2D eigenvalue weighted by atomic mass is 10.1. The van der Waals surface area contributed by atoms with Crippen molar-refractivity contribution in [3.63, 3.8) is 0 Å². The van der Waals surface area contributed by atoms with Gasteiger partial charge in [-0.15, -0.1) is 0 Å². The minimum Gasteiger partial charge on any atom is -0.497 e. The first kappa shape index (κ1) is 13.1. The maximum absolute atomic E-state index is 5.75. The van der Waals surface area contributed by atoms with Crippen LogP contribution in [0.1, 0.15) is 31.7 Å². The third-order valence-corrected chi connectivity index (χ3v) is 3.50. The number of hydrogen-bond acceptors (Lipinski definition) is 3. The van der Waals surface area contributed by atoms with Gasteiger partial charge in [0.15, 0.2) is 0 Å². The van der Waals surface area contributed by atoms with Gasteiger partial charge in [0, 0.05) is 23.4 Å². The third kappa shape index (κ3) is 3.35. The lowest BCUT2D eigenvalue weighted by Gasteiger charge is -2.18. The first-order valence-corrected chi connectivity index (χ1v) is 6.75. The van der Waals surface area contributed by atoms with Crippen LogP contribution in [0, 0.1) is 5.92 Å². The zero-order valence-corrected chi connectivity index (χ0v) is 11.7. The number of rotatable bonds is 6. The molecule has 0 aliphatic heterocycles. The highest BCUT2D eigenvalue weighted by Crippen LogP contribution is 2.34. The first-order chi connectivity index (χ1) is 8.60. The molecule has 0 bridgehead atoms. The fourth-order valence-electron chi connectivity index (χ4n) is 2.16. The summed E-state index contributed by atoms with van der Waals surface area (Å²) in [5, 5.41) is 3.49. The number of hydrogen-bond donors (Lipinski definition) is 2. The molecule has 1 unspecified atom stereocenters. The second-order valence-corrected chi connectivity index (χ2v) is 5.44. The van der Waals surface area contributed by atoms with Crippen LogP contribution >= 0.6 is 12.2 Å². The van der Waals surface area contributed by atoms with Crippen molar-refractivity contribution in [3.8, 4) is 5.75 Å². The molecule has 2 rings (SSSR count). The van der Waals surface area contributed by atoms with Crippen molar-refractivity contribution in [1.29, 1.82) is 0 Å². The predicted octanol–water partition coefficient (Wildman–Crippen LogP) is 2.93. The van der Waals surface area contributed by atoms with E-state index >= 15 is 0 Å². The summed E-state index contributed by atoms with van der Waals surface area (Å²) in [7, 11) is 1.66. The van der Waals surface area contributed by atoms with Crippen molar-refractivity contribution >= 4 is 22.9 Å². The molecule has 98 valence electrons. The summed E-state index contributed by atoms with van der Waals surface area (Å²) in [5.41, 5.74) is 7.60. The fourth-order valence-corrected chi connectivity index (χ4v) is 2.34. The Hall–Kier alpha value is -1.29. The molecule has 1 aromatic rings. The number of nitrogens with one attached hydrogen (secondary N) is 1. The van der Waals surface area contributed by atoms with Gasteiger partial charge in [0.05, 0.1) is 7.11 Å². The van der Waals surface area contributed by atoms with Crippen LogP contribution in [0.2, 0.25) is 0 Å². The quantitative estimate of drug-likeness (QED) is 0.776. The van der Waals surface area contributed by atoms with Gasteiger partial charge in [0.1, 0.15) is 10.7 Å². The summed E-state index contributed by atoms with van der Waals surface area (Å²) in [6.45, 7) is 2.20. The standard InChI is InChI=1S/C14H20N2OS/c1-9(7-10-3-4-10)16-13-8-11(17-2)5-6-12(13)14(15)18/h5-6,8-10,16H,3-4,7H2,1-2H3,(H2,15,18). The van der Waals surface area contributed by atoms with Crippen molar-refractivity contribution in [2.24, 2.45) is 11.7 Å². The Morgan fingerprint density at radius 2 is 2.28 bits per heavy atom. The van der Waals surface area contributed by atoms with Crippen LogP contribution in [0.3, 0.4) is 0 Å². The minimum absolute atomic E-state index is 0.416. The van der Waals surface area contributed by atoms with Crippen molar-refractivity contribution < 1.29 is 4.74 Å². The molecule has 4 heteroatoms. The minimum atomic E-state index is 0.416. The molecular formula is C14H20N2OS. The lowest BCUT2D eigenvalue weighted by molar-refractivity contribution is 0.415.